The molecule has 0 saturated heterocycles. The zero-order chi connectivity index (χ0) is 13.4. The second-order valence-electron chi connectivity index (χ2n) is 4.93. The van der Waals surface area contributed by atoms with Gasteiger partial charge in [-0.3, -0.25) is 9.88 Å². The lowest BCUT2D eigenvalue weighted by molar-refractivity contribution is 0.547. The van der Waals surface area contributed by atoms with Crippen molar-refractivity contribution in [2.75, 3.05) is 18.4 Å². The number of fused-ring (bicyclic) bond motifs is 3. The maximum absolute atomic E-state index is 5.57. The van der Waals surface area contributed by atoms with Crippen molar-refractivity contribution in [1.82, 2.24) is 14.9 Å². The second-order valence-corrected chi connectivity index (χ2v) is 4.93. The zero-order valence-corrected chi connectivity index (χ0v) is 11.3. The van der Waals surface area contributed by atoms with Crippen LogP contribution in [0.2, 0.25) is 0 Å². The van der Waals surface area contributed by atoms with Gasteiger partial charge in [0.25, 0.3) is 0 Å². The van der Waals surface area contributed by atoms with Gasteiger partial charge in [-0.05, 0) is 31.5 Å². The molecule has 100 valence electrons. The third-order valence-corrected chi connectivity index (χ3v) is 3.41. The molecule has 2 heterocycles. The van der Waals surface area contributed by atoms with Crippen molar-refractivity contribution in [1.29, 1.82) is 0 Å². The summed E-state index contributed by atoms with van der Waals surface area (Å²) in [5.74, 6) is 0.990. The number of rotatable bonds is 3. The minimum Gasteiger partial charge on any atom is -0.362 e. The summed E-state index contributed by atoms with van der Waals surface area (Å²) < 4.78 is 2.20. The highest BCUT2D eigenvalue weighted by Gasteiger charge is 2.25. The Morgan fingerprint density at radius 3 is 3.05 bits per heavy atom. The Morgan fingerprint density at radius 2 is 2.26 bits per heavy atom. The molecule has 3 rings (SSSR count). The minimum absolute atomic E-state index is 0.00690. The molecule has 5 heteroatoms. The van der Waals surface area contributed by atoms with Gasteiger partial charge in [0.2, 0.25) is 0 Å². The number of nitrogens with one attached hydrogen (secondary N) is 2. The molecule has 2 aromatic rings. The quantitative estimate of drug-likeness (QED) is 0.778. The SMILES string of the molecule is Cc1ccc2c(c1)-n1c(C)cnc1C(NCCN)N2. The lowest BCUT2D eigenvalue weighted by Crippen LogP contribution is -2.36. The first kappa shape index (κ1) is 12.2. The summed E-state index contributed by atoms with van der Waals surface area (Å²) in [5, 5.41) is 6.86. The normalized spacial score (nSPS) is 16.7. The average Bonchev–Trinajstić information content (AvgIpc) is 2.79. The number of nitrogens with zero attached hydrogens (tertiary/aromatic N) is 2. The van der Waals surface area contributed by atoms with Crippen molar-refractivity contribution in [2.45, 2.75) is 20.0 Å². The Morgan fingerprint density at radius 1 is 1.42 bits per heavy atom. The van der Waals surface area contributed by atoms with Crippen LogP contribution in [0, 0.1) is 13.8 Å². The molecule has 1 aliphatic heterocycles. The van der Waals surface area contributed by atoms with Crippen molar-refractivity contribution in [3.8, 4) is 5.69 Å². The lowest BCUT2D eigenvalue weighted by atomic mass is 10.1. The number of imidazole rings is 1. The first-order chi connectivity index (χ1) is 9.20. The van der Waals surface area contributed by atoms with Gasteiger partial charge >= 0.3 is 0 Å². The van der Waals surface area contributed by atoms with Gasteiger partial charge in [-0.1, -0.05) is 6.07 Å². The first-order valence-corrected chi connectivity index (χ1v) is 6.56. The summed E-state index contributed by atoms with van der Waals surface area (Å²) in [7, 11) is 0. The molecule has 4 N–H and O–H groups in total. The van der Waals surface area contributed by atoms with Crippen LogP contribution in [0.4, 0.5) is 5.69 Å². The first-order valence-electron chi connectivity index (χ1n) is 6.56. The van der Waals surface area contributed by atoms with Gasteiger partial charge in [0, 0.05) is 25.0 Å². The number of hydrogen-bond acceptors (Lipinski definition) is 4. The third-order valence-electron chi connectivity index (χ3n) is 3.41. The van der Waals surface area contributed by atoms with Crippen LogP contribution in [0.25, 0.3) is 5.69 Å². The highest BCUT2D eigenvalue weighted by atomic mass is 15.3. The lowest BCUT2D eigenvalue weighted by Gasteiger charge is -2.29. The zero-order valence-electron chi connectivity index (χ0n) is 11.3. The summed E-state index contributed by atoms with van der Waals surface area (Å²) in [4.78, 5) is 4.52. The number of aromatic nitrogens is 2. The largest absolute Gasteiger partial charge is 0.362 e. The van der Waals surface area contributed by atoms with E-state index in [9.17, 15) is 0 Å². The van der Waals surface area contributed by atoms with Crippen LogP contribution in [-0.4, -0.2) is 22.6 Å². The van der Waals surface area contributed by atoms with E-state index in [2.05, 4.69) is 52.2 Å². The topological polar surface area (TPSA) is 67.9 Å². The van der Waals surface area contributed by atoms with E-state index in [0.717, 1.165) is 29.4 Å². The fourth-order valence-corrected chi connectivity index (χ4v) is 2.51. The van der Waals surface area contributed by atoms with Crippen molar-refractivity contribution in [3.63, 3.8) is 0 Å². The van der Waals surface area contributed by atoms with Crippen LogP contribution in [0.5, 0.6) is 0 Å². The summed E-state index contributed by atoms with van der Waals surface area (Å²) >= 11 is 0. The molecule has 0 fully saturated rings. The van der Waals surface area contributed by atoms with Crippen LogP contribution in [-0.2, 0) is 0 Å². The summed E-state index contributed by atoms with van der Waals surface area (Å²) in [6, 6.07) is 6.41. The van der Waals surface area contributed by atoms with Gasteiger partial charge in [0.1, 0.15) is 6.17 Å². The fraction of sp³-hybridized carbons (Fsp3) is 0.357. The highest BCUT2D eigenvalue weighted by Crippen LogP contribution is 2.33. The monoisotopic (exact) mass is 257 g/mol. The van der Waals surface area contributed by atoms with Crippen molar-refractivity contribution in [2.24, 2.45) is 5.73 Å². The predicted octanol–water partition coefficient (Wildman–Crippen LogP) is 1.46. The van der Waals surface area contributed by atoms with Gasteiger partial charge in [0.15, 0.2) is 5.82 Å². The Hall–Kier alpha value is -1.85. The number of aryl methyl sites for hydroxylation is 2. The molecule has 0 spiro atoms. The third kappa shape index (κ3) is 2.01. The van der Waals surface area contributed by atoms with Crippen molar-refractivity contribution in [3.05, 3.63) is 41.5 Å². The van der Waals surface area contributed by atoms with E-state index >= 15 is 0 Å². The van der Waals surface area contributed by atoms with Crippen molar-refractivity contribution < 1.29 is 0 Å². The second kappa shape index (κ2) is 4.68. The molecule has 1 aromatic carbocycles. The molecule has 19 heavy (non-hydrogen) atoms. The van der Waals surface area contributed by atoms with Crippen molar-refractivity contribution >= 4 is 5.69 Å². The van der Waals surface area contributed by atoms with E-state index in [4.69, 9.17) is 5.73 Å². The van der Waals surface area contributed by atoms with Gasteiger partial charge in [-0.15, -0.1) is 0 Å². The standard InChI is InChI=1S/C14H19N5/c1-9-3-4-11-12(7-9)19-10(2)8-17-14(19)13(18-11)16-6-5-15/h3-4,7-8,13,16,18H,5-6,15H2,1-2H3. The van der Waals surface area contributed by atoms with Gasteiger partial charge in [0.05, 0.1) is 11.4 Å². The molecule has 0 saturated carbocycles. The number of benzene rings is 1. The molecule has 0 radical (unpaired) electrons. The summed E-state index contributed by atoms with van der Waals surface area (Å²) in [5.41, 5.74) is 10.2. The number of anilines is 1. The highest BCUT2D eigenvalue weighted by molar-refractivity contribution is 5.66. The van der Waals surface area contributed by atoms with E-state index < -0.39 is 0 Å². The van der Waals surface area contributed by atoms with E-state index in [1.54, 1.807) is 0 Å². The van der Waals surface area contributed by atoms with E-state index in [1.807, 2.05) is 6.20 Å². The summed E-state index contributed by atoms with van der Waals surface area (Å²) in [6.45, 7) is 5.54. The predicted molar refractivity (Wildman–Crippen MR) is 76.5 cm³/mol. The van der Waals surface area contributed by atoms with Crippen LogP contribution in [0.3, 0.4) is 0 Å². The van der Waals surface area contributed by atoms with Crippen LogP contribution in [0.1, 0.15) is 23.2 Å². The van der Waals surface area contributed by atoms with Crippen LogP contribution < -0.4 is 16.4 Å². The van der Waals surface area contributed by atoms with Gasteiger partial charge < -0.3 is 11.1 Å². The molecular formula is C14H19N5. The minimum atomic E-state index is 0.00690. The van der Waals surface area contributed by atoms with Crippen LogP contribution >= 0.6 is 0 Å². The maximum atomic E-state index is 5.57. The Labute approximate surface area is 112 Å². The maximum Gasteiger partial charge on any atom is 0.151 e. The van der Waals surface area contributed by atoms with E-state index in [0.29, 0.717) is 6.54 Å². The molecule has 1 aliphatic rings. The molecular weight excluding hydrogens is 238 g/mol. The molecule has 1 aromatic heterocycles. The molecule has 0 amide bonds. The van der Waals surface area contributed by atoms with E-state index in [-0.39, 0.29) is 6.17 Å². The molecule has 1 unspecified atom stereocenters. The Bertz CT molecular complexity index is 602. The summed E-state index contributed by atoms with van der Waals surface area (Å²) in [6.07, 6.45) is 1.92. The molecule has 0 aliphatic carbocycles. The molecule has 1 atom stereocenters. The average molecular weight is 257 g/mol. The smallest absolute Gasteiger partial charge is 0.151 e. The molecule has 0 bridgehead atoms. The number of nitrogens with two attached hydrogens (primary N) is 1. The van der Waals surface area contributed by atoms with E-state index in [1.165, 1.54) is 5.56 Å². The van der Waals surface area contributed by atoms with Gasteiger partial charge in [-0.2, -0.15) is 0 Å². The Balaban J connectivity index is 2.09. The Kier molecular flexibility index (Phi) is 3.00. The number of hydrogen-bond donors (Lipinski definition) is 3. The fourth-order valence-electron chi connectivity index (χ4n) is 2.51. The van der Waals surface area contributed by atoms with Crippen LogP contribution in [0.15, 0.2) is 24.4 Å². The molecule has 5 nitrogen and oxygen atoms in total. The van der Waals surface area contributed by atoms with Gasteiger partial charge in [-0.25, -0.2) is 4.98 Å².